The molecule has 24 heavy (non-hydrogen) atoms. The topological polar surface area (TPSA) is 54.5 Å². The molecule has 0 aromatic carbocycles. The van der Waals surface area contributed by atoms with Crippen LogP contribution < -0.4 is 10.1 Å². The van der Waals surface area contributed by atoms with Crippen LogP contribution in [0.15, 0.2) is 35.8 Å². The number of thiophene rings is 1. The van der Waals surface area contributed by atoms with E-state index >= 15 is 0 Å². The Kier molecular flexibility index (Phi) is 4.24. The van der Waals surface area contributed by atoms with E-state index in [1.54, 1.807) is 18.3 Å². The molecule has 2 unspecified atom stereocenters. The lowest BCUT2D eigenvalue weighted by molar-refractivity contribution is 0.0218. The minimum Gasteiger partial charge on any atom is -0.438 e. The number of fused-ring (bicyclic) bond motifs is 3. The van der Waals surface area contributed by atoms with Gasteiger partial charge in [0.25, 0.3) is 5.91 Å². The number of ether oxygens (including phenoxy) is 1. The van der Waals surface area contributed by atoms with E-state index in [2.05, 4.69) is 22.1 Å². The molecule has 3 aliphatic rings. The summed E-state index contributed by atoms with van der Waals surface area (Å²) in [5.74, 6) is 1.80. The van der Waals surface area contributed by atoms with E-state index in [0.29, 0.717) is 28.5 Å². The van der Waals surface area contributed by atoms with Gasteiger partial charge in [0.15, 0.2) is 0 Å². The van der Waals surface area contributed by atoms with Crippen LogP contribution in [0.5, 0.6) is 11.6 Å². The smallest absolute Gasteiger partial charge is 0.261 e. The highest BCUT2D eigenvalue weighted by Gasteiger charge is 2.40. The molecule has 0 aliphatic carbocycles. The van der Waals surface area contributed by atoms with Gasteiger partial charge >= 0.3 is 0 Å². The fourth-order valence-corrected chi connectivity index (χ4v) is 4.50. The van der Waals surface area contributed by atoms with E-state index < -0.39 is 0 Å². The van der Waals surface area contributed by atoms with E-state index in [0.717, 1.165) is 0 Å². The van der Waals surface area contributed by atoms with Crippen molar-refractivity contribution in [3.63, 3.8) is 0 Å². The molecule has 0 radical (unpaired) electrons. The van der Waals surface area contributed by atoms with Crippen molar-refractivity contribution < 1.29 is 9.53 Å². The molecule has 1 N–H and O–H groups in total. The Morgan fingerprint density at radius 3 is 2.92 bits per heavy atom. The molecule has 2 aromatic rings. The van der Waals surface area contributed by atoms with Crippen LogP contribution in [-0.4, -0.2) is 41.0 Å². The van der Waals surface area contributed by atoms with Crippen molar-refractivity contribution in [3.8, 4) is 11.6 Å². The van der Waals surface area contributed by atoms with Crippen LogP contribution in [0.25, 0.3) is 0 Å². The quantitative estimate of drug-likeness (QED) is 0.926. The summed E-state index contributed by atoms with van der Waals surface area (Å²) in [5, 5.41) is 5.10. The minimum atomic E-state index is 0.00136. The first-order valence-electron chi connectivity index (χ1n) is 8.43. The number of piperidine rings is 3. The second-order valence-corrected chi connectivity index (χ2v) is 7.44. The molecule has 3 fully saturated rings. The molecule has 2 bridgehead atoms. The standard InChI is InChI=1S/C18H21N3O2S/c1-12-17(13-5-8-21(12)9-6-13)20-18(22)15-10-14(11-24-15)23-16-4-2-3-7-19-16/h2-4,7,10-13,17H,5-6,8-9H2,1H3,(H,20,22). The third-order valence-corrected chi connectivity index (χ3v) is 6.04. The summed E-state index contributed by atoms with van der Waals surface area (Å²) in [4.78, 5) is 19.9. The second-order valence-electron chi connectivity index (χ2n) is 6.53. The largest absolute Gasteiger partial charge is 0.438 e. The summed E-state index contributed by atoms with van der Waals surface area (Å²) < 4.78 is 5.68. The Balaban J connectivity index is 1.42. The van der Waals surface area contributed by atoms with Crippen molar-refractivity contribution >= 4 is 17.2 Å². The van der Waals surface area contributed by atoms with Gasteiger partial charge in [-0.2, -0.15) is 0 Å². The van der Waals surface area contributed by atoms with E-state index in [1.807, 2.05) is 17.5 Å². The molecule has 126 valence electrons. The first-order valence-corrected chi connectivity index (χ1v) is 9.31. The molecule has 5 heterocycles. The number of pyridine rings is 1. The Morgan fingerprint density at radius 1 is 1.38 bits per heavy atom. The van der Waals surface area contributed by atoms with Gasteiger partial charge < -0.3 is 10.1 Å². The molecule has 6 heteroatoms. The predicted molar refractivity (Wildman–Crippen MR) is 93.6 cm³/mol. The third-order valence-electron chi connectivity index (χ3n) is 5.13. The lowest BCUT2D eigenvalue weighted by atomic mass is 9.79. The van der Waals surface area contributed by atoms with Gasteiger partial charge in [0.1, 0.15) is 5.75 Å². The van der Waals surface area contributed by atoms with Crippen LogP contribution in [0.1, 0.15) is 29.4 Å². The molecule has 3 saturated heterocycles. The van der Waals surface area contributed by atoms with E-state index in [-0.39, 0.29) is 11.9 Å². The van der Waals surface area contributed by atoms with Crippen LogP contribution in [0.3, 0.4) is 0 Å². The molecular weight excluding hydrogens is 322 g/mol. The normalized spacial score (nSPS) is 28.5. The zero-order valence-electron chi connectivity index (χ0n) is 13.6. The Hall–Kier alpha value is -1.92. The fraction of sp³-hybridized carbons (Fsp3) is 0.444. The Morgan fingerprint density at radius 2 is 2.21 bits per heavy atom. The van der Waals surface area contributed by atoms with Gasteiger partial charge in [0.2, 0.25) is 5.88 Å². The number of carbonyl (C=O) groups excluding carboxylic acids is 1. The van der Waals surface area contributed by atoms with Gasteiger partial charge in [-0.3, -0.25) is 9.69 Å². The maximum atomic E-state index is 12.6. The van der Waals surface area contributed by atoms with Gasteiger partial charge in [-0.15, -0.1) is 11.3 Å². The molecule has 3 aliphatic heterocycles. The number of nitrogens with one attached hydrogen (secondary N) is 1. The number of carbonyl (C=O) groups is 1. The van der Waals surface area contributed by atoms with Gasteiger partial charge in [-0.05, 0) is 44.8 Å². The number of aromatic nitrogens is 1. The Labute approximate surface area is 145 Å². The van der Waals surface area contributed by atoms with Crippen molar-refractivity contribution in [2.24, 2.45) is 5.92 Å². The van der Waals surface area contributed by atoms with Gasteiger partial charge in [0, 0.05) is 35.8 Å². The summed E-state index contributed by atoms with van der Waals surface area (Å²) >= 11 is 1.41. The lowest BCUT2D eigenvalue weighted by Gasteiger charge is -2.49. The van der Waals surface area contributed by atoms with Crippen LogP contribution in [-0.2, 0) is 0 Å². The first-order chi connectivity index (χ1) is 11.7. The highest BCUT2D eigenvalue weighted by atomic mass is 32.1. The number of rotatable bonds is 4. The summed E-state index contributed by atoms with van der Waals surface area (Å²) in [6.45, 7) is 4.55. The molecule has 5 nitrogen and oxygen atoms in total. The van der Waals surface area contributed by atoms with Crippen LogP contribution in [0, 0.1) is 5.92 Å². The predicted octanol–water partition coefficient (Wildman–Crippen LogP) is 3.15. The Bertz CT molecular complexity index is 708. The number of hydrogen-bond acceptors (Lipinski definition) is 5. The van der Waals surface area contributed by atoms with Crippen LogP contribution >= 0.6 is 11.3 Å². The van der Waals surface area contributed by atoms with Gasteiger partial charge in [-0.25, -0.2) is 4.98 Å². The van der Waals surface area contributed by atoms with E-state index in [9.17, 15) is 4.79 Å². The second kappa shape index (κ2) is 6.53. The summed E-state index contributed by atoms with van der Waals surface area (Å²) in [5.41, 5.74) is 0. The van der Waals surface area contributed by atoms with Crippen molar-refractivity contribution in [1.29, 1.82) is 0 Å². The van der Waals surface area contributed by atoms with Crippen molar-refractivity contribution in [2.45, 2.75) is 31.8 Å². The molecular formula is C18H21N3O2S. The lowest BCUT2D eigenvalue weighted by Crippen LogP contribution is -2.62. The zero-order valence-corrected chi connectivity index (χ0v) is 14.5. The van der Waals surface area contributed by atoms with Crippen molar-refractivity contribution in [1.82, 2.24) is 15.2 Å². The summed E-state index contributed by atoms with van der Waals surface area (Å²) in [6, 6.07) is 7.98. The average Bonchev–Trinajstić information content (AvgIpc) is 3.08. The molecule has 1 amide bonds. The highest BCUT2D eigenvalue weighted by Crippen LogP contribution is 2.33. The number of hydrogen-bond donors (Lipinski definition) is 1. The maximum absolute atomic E-state index is 12.6. The number of amides is 1. The highest BCUT2D eigenvalue weighted by molar-refractivity contribution is 7.12. The van der Waals surface area contributed by atoms with E-state index in [1.165, 1.54) is 37.3 Å². The molecule has 2 aromatic heterocycles. The van der Waals surface area contributed by atoms with Gasteiger partial charge in [0.05, 0.1) is 4.88 Å². The SMILES string of the molecule is CC1C(NC(=O)c2cc(Oc3ccccn3)cs2)C2CCN1CC2. The summed E-state index contributed by atoms with van der Waals surface area (Å²) in [6.07, 6.45) is 4.06. The third kappa shape index (κ3) is 3.03. The monoisotopic (exact) mass is 343 g/mol. The van der Waals surface area contributed by atoms with E-state index in [4.69, 9.17) is 4.74 Å². The summed E-state index contributed by atoms with van der Waals surface area (Å²) in [7, 11) is 0. The number of nitrogens with zero attached hydrogens (tertiary/aromatic N) is 2. The van der Waals surface area contributed by atoms with Crippen LogP contribution in [0.2, 0.25) is 0 Å². The van der Waals surface area contributed by atoms with Gasteiger partial charge in [-0.1, -0.05) is 6.07 Å². The molecule has 0 saturated carbocycles. The van der Waals surface area contributed by atoms with Crippen molar-refractivity contribution in [3.05, 3.63) is 40.7 Å². The minimum absolute atomic E-state index is 0.00136. The maximum Gasteiger partial charge on any atom is 0.261 e. The molecule has 0 spiro atoms. The average molecular weight is 343 g/mol. The van der Waals surface area contributed by atoms with Crippen molar-refractivity contribution in [2.75, 3.05) is 13.1 Å². The molecule has 5 rings (SSSR count). The zero-order chi connectivity index (χ0) is 16.5. The molecule has 2 atom stereocenters. The first kappa shape index (κ1) is 15.6. The fourth-order valence-electron chi connectivity index (χ4n) is 3.79. The van der Waals surface area contributed by atoms with Crippen LogP contribution in [0.4, 0.5) is 0 Å².